The molecule has 0 aliphatic heterocycles. The van der Waals surface area contributed by atoms with Crippen LogP contribution in [0, 0.1) is 6.92 Å². The number of benzene rings is 3. The van der Waals surface area contributed by atoms with Gasteiger partial charge in [-0.1, -0.05) is 39.7 Å². The van der Waals surface area contributed by atoms with Gasteiger partial charge in [0.25, 0.3) is 5.91 Å². The van der Waals surface area contributed by atoms with Gasteiger partial charge < -0.3 is 14.8 Å². The summed E-state index contributed by atoms with van der Waals surface area (Å²) in [6.45, 7) is 2.31. The second kappa shape index (κ2) is 9.13. The number of halogens is 2. The van der Waals surface area contributed by atoms with E-state index < -0.39 is 0 Å². The quantitative estimate of drug-likeness (QED) is 0.473. The van der Waals surface area contributed by atoms with E-state index >= 15 is 0 Å². The van der Waals surface area contributed by atoms with Crippen LogP contribution >= 0.6 is 27.5 Å². The van der Waals surface area contributed by atoms with Crippen LogP contribution in [0.3, 0.4) is 0 Å². The minimum absolute atomic E-state index is 0.215. The number of hydrogen-bond donors (Lipinski definition) is 1. The van der Waals surface area contributed by atoms with Crippen molar-refractivity contribution in [3.63, 3.8) is 0 Å². The summed E-state index contributed by atoms with van der Waals surface area (Å²) >= 11 is 9.32. The molecule has 0 aromatic heterocycles. The third-order valence-electron chi connectivity index (χ3n) is 4.17. The van der Waals surface area contributed by atoms with Crippen molar-refractivity contribution in [1.82, 2.24) is 0 Å². The van der Waals surface area contributed by atoms with Crippen LogP contribution in [0.4, 0.5) is 5.69 Å². The number of aryl methyl sites for hydroxylation is 1. The molecule has 0 atom stereocenters. The third-order valence-corrected chi connectivity index (χ3v) is 4.92. The second-order valence-corrected chi connectivity index (χ2v) is 7.55. The summed E-state index contributed by atoms with van der Waals surface area (Å²) in [4.78, 5) is 12.6. The molecule has 0 unspecified atom stereocenters. The van der Waals surface area contributed by atoms with Gasteiger partial charge in [-0.25, -0.2) is 0 Å². The van der Waals surface area contributed by atoms with Crippen molar-refractivity contribution < 1.29 is 14.3 Å². The summed E-state index contributed by atoms with van der Waals surface area (Å²) in [7, 11) is 1.55. The lowest BCUT2D eigenvalue weighted by atomic mass is 10.1. The van der Waals surface area contributed by atoms with E-state index in [0.717, 1.165) is 21.3 Å². The third kappa shape index (κ3) is 5.06. The van der Waals surface area contributed by atoms with Crippen molar-refractivity contribution in [2.24, 2.45) is 0 Å². The molecule has 0 radical (unpaired) electrons. The SMILES string of the molecule is COc1cc(C(=O)Nc2ccc(Br)cc2C)ccc1OCc1ccc(Cl)cc1. The summed E-state index contributed by atoms with van der Waals surface area (Å²) in [5.74, 6) is 0.843. The first kappa shape index (κ1) is 20.2. The van der Waals surface area contributed by atoms with Crippen LogP contribution in [0.25, 0.3) is 0 Å². The van der Waals surface area contributed by atoms with Crippen molar-refractivity contribution in [2.45, 2.75) is 13.5 Å². The van der Waals surface area contributed by atoms with Gasteiger partial charge in [-0.05, 0) is 66.6 Å². The van der Waals surface area contributed by atoms with E-state index in [-0.39, 0.29) is 5.91 Å². The number of nitrogens with one attached hydrogen (secondary N) is 1. The highest BCUT2D eigenvalue weighted by Crippen LogP contribution is 2.29. The van der Waals surface area contributed by atoms with Gasteiger partial charge in [-0.2, -0.15) is 0 Å². The van der Waals surface area contributed by atoms with Crippen LogP contribution < -0.4 is 14.8 Å². The van der Waals surface area contributed by atoms with Gasteiger partial charge in [0.2, 0.25) is 0 Å². The predicted octanol–water partition coefficient (Wildman–Crippen LogP) is 6.25. The topological polar surface area (TPSA) is 47.6 Å². The largest absolute Gasteiger partial charge is 0.493 e. The molecule has 0 fully saturated rings. The van der Waals surface area contributed by atoms with E-state index in [4.69, 9.17) is 21.1 Å². The van der Waals surface area contributed by atoms with E-state index in [0.29, 0.717) is 28.7 Å². The number of methoxy groups -OCH3 is 1. The number of anilines is 1. The van der Waals surface area contributed by atoms with Crippen molar-refractivity contribution in [3.8, 4) is 11.5 Å². The zero-order valence-corrected chi connectivity index (χ0v) is 17.8. The van der Waals surface area contributed by atoms with E-state index in [2.05, 4.69) is 21.2 Å². The fraction of sp³-hybridized carbons (Fsp3) is 0.136. The maximum Gasteiger partial charge on any atom is 0.255 e. The molecule has 0 bridgehead atoms. The van der Waals surface area contributed by atoms with Gasteiger partial charge in [-0.15, -0.1) is 0 Å². The van der Waals surface area contributed by atoms with E-state index in [1.807, 2.05) is 49.4 Å². The monoisotopic (exact) mass is 459 g/mol. The normalized spacial score (nSPS) is 10.4. The molecule has 4 nitrogen and oxygen atoms in total. The average Bonchev–Trinajstić information content (AvgIpc) is 2.69. The average molecular weight is 461 g/mol. The maximum absolute atomic E-state index is 12.6. The molecule has 1 N–H and O–H groups in total. The van der Waals surface area contributed by atoms with Crippen molar-refractivity contribution in [1.29, 1.82) is 0 Å². The highest BCUT2D eigenvalue weighted by Gasteiger charge is 2.13. The summed E-state index contributed by atoms with van der Waals surface area (Å²) < 4.78 is 12.2. The number of carbonyl (C=O) groups excluding carboxylic acids is 1. The highest BCUT2D eigenvalue weighted by atomic mass is 79.9. The maximum atomic E-state index is 12.6. The zero-order chi connectivity index (χ0) is 20.1. The molecule has 28 heavy (non-hydrogen) atoms. The molecular weight excluding hydrogens is 442 g/mol. The van der Waals surface area contributed by atoms with Crippen LogP contribution in [0.2, 0.25) is 5.02 Å². The van der Waals surface area contributed by atoms with Gasteiger partial charge in [0.05, 0.1) is 7.11 Å². The molecule has 3 aromatic carbocycles. The summed E-state index contributed by atoms with van der Waals surface area (Å²) in [5, 5.41) is 3.60. The van der Waals surface area contributed by atoms with E-state index in [1.54, 1.807) is 25.3 Å². The molecule has 0 heterocycles. The first-order valence-electron chi connectivity index (χ1n) is 8.59. The van der Waals surface area contributed by atoms with E-state index in [1.165, 1.54) is 0 Å². The fourth-order valence-electron chi connectivity index (χ4n) is 2.63. The lowest BCUT2D eigenvalue weighted by Gasteiger charge is -2.13. The highest BCUT2D eigenvalue weighted by molar-refractivity contribution is 9.10. The molecule has 6 heteroatoms. The smallest absolute Gasteiger partial charge is 0.255 e. The van der Waals surface area contributed by atoms with Crippen LogP contribution in [-0.2, 0) is 6.61 Å². The minimum atomic E-state index is -0.215. The number of carbonyl (C=O) groups is 1. The Kier molecular flexibility index (Phi) is 6.60. The van der Waals surface area contributed by atoms with Gasteiger partial charge in [-0.3, -0.25) is 4.79 Å². The first-order valence-corrected chi connectivity index (χ1v) is 9.76. The molecule has 1 amide bonds. The fourth-order valence-corrected chi connectivity index (χ4v) is 3.23. The van der Waals surface area contributed by atoms with Crippen LogP contribution in [-0.4, -0.2) is 13.0 Å². The number of rotatable bonds is 6. The Hall–Kier alpha value is -2.50. The molecule has 0 aliphatic rings. The predicted molar refractivity (Wildman–Crippen MR) is 116 cm³/mol. The Morgan fingerprint density at radius 2 is 1.79 bits per heavy atom. The van der Waals surface area contributed by atoms with Crippen molar-refractivity contribution in [3.05, 3.63) is 86.8 Å². The van der Waals surface area contributed by atoms with Gasteiger partial charge in [0.15, 0.2) is 11.5 Å². The van der Waals surface area contributed by atoms with Gasteiger partial charge >= 0.3 is 0 Å². The molecule has 144 valence electrons. The van der Waals surface area contributed by atoms with Gasteiger partial charge in [0, 0.05) is 20.7 Å². The van der Waals surface area contributed by atoms with Crippen LogP contribution in [0.5, 0.6) is 11.5 Å². The molecule has 3 aromatic rings. The Morgan fingerprint density at radius 3 is 2.46 bits per heavy atom. The molecule has 0 aliphatic carbocycles. The van der Waals surface area contributed by atoms with Crippen molar-refractivity contribution >= 4 is 39.1 Å². The van der Waals surface area contributed by atoms with E-state index in [9.17, 15) is 4.79 Å². The van der Waals surface area contributed by atoms with Gasteiger partial charge in [0.1, 0.15) is 6.61 Å². The molecule has 0 saturated carbocycles. The van der Waals surface area contributed by atoms with Crippen LogP contribution in [0.1, 0.15) is 21.5 Å². The Balaban J connectivity index is 1.72. The summed E-state index contributed by atoms with van der Waals surface area (Å²) in [6, 6.07) is 18.2. The number of amides is 1. The summed E-state index contributed by atoms with van der Waals surface area (Å²) in [6.07, 6.45) is 0. The molecule has 3 rings (SSSR count). The number of ether oxygens (including phenoxy) is 2. The summed E-state index contributed by atoms with van der Waals surface area (Å²) in [5.41, 5.74) is 3.20. The van der Waals surface area contributed by atoms with Crippen molar-refractivity contribution in [2.75, 3.05) is 12.4 Å². The van der Waals surface area contributed by atoms with Crippen LogP contribution in [0.15, 0.2) is 65.1 Å². The standard InChI is InChI=1S/C22H19BrClNO3/c1-14-11-17(23)6-9-19(14)25-22(26)16-5-10-20(21(12-16)27-2)28-13-15-3-7-18(24)8-4-15/h3-12H,13H2,1-2H3,(H,25,26). The lowest BCUT2D eigenvalue weighted by molar-refractivity contribution is 0.102. The molecular formula is C22H19BrClNO3. The molecule has 0 spiro atoms. The zero-order valence-electron chi connectivity index (χ0n) is 15.5. The Labute approximate surface area is 177 Å². The Bertz CT molecular complexity index is 990. The first-order chi connectivity index (χ1) is 13.5. The second-order valence-electron chi connectivity index (χ2n) is 6.19. The molecule has 0 saturated heterocycles. The number of hydrogen-bond acceptors (Lipinski definition) is 3. The lowest BCUT2D eigenvalue weighted by Crippen LogP contribution is -2.13. The minimum Gasteiger partial charge on any atom is -0.493 e. The Morgan fingerprint density at radius 1 is 1.04 bits per heavy atom.